The molecule has 59 heavy (non-hydrogen) atoms. The molecule has 0 bridgehead atoms. The Hall–Kier alpha value is -4.92. The molecule has 0 radical (unpaired) electrons. The first-order chi connectivity index (χ1) is 28.1. The zero-order chi connectivity index (χ0) is 43.4. The molecular weight excluding hydrogens is 772 g/mol. The highest BCUT2D eigenvalue weighted by molar-refractivity contribution is 5.69. The number of nitrogens with one attached hydrogen (secondary N) is 2. The molecule has 1 aromatic carbocycles. The van der Waals surface area contributed by atoms with Crippen molar-refractivity contribution in [2.75, 3.05) is 26.3 Å². The Bertz CT molecular complexity index is 2130. The number of benzene rings is 1. The predicted molar refractivity (Wildman–Crippen MR) is 214 cm³/mol. The Morgan fingerprint density at radius 3 is 2.37 bits per heavy atom. The van der Waals surface area contributed by atoms with Crippen LogP contribution in [0, 0.1) is 6.92 Å². The standard InChI is InChI=1S/C17H22N2O3.C12H21NO5.C10H13N5O4/c1-4-22-11-19-14(10-13-8-6-5-7-9-13)15(12(2)3)16(20)18-17(19)21;1-2-3-9(15)18-8-6-13-5-4-7(14)10(13)12(17)11(8)16;1-5-3-15(10(18)12-9(5)17)8-2-6(13-14-11)7(4-16)19-8/h5-9,12H,4,10-11H2,1-3H3,(H,18,20,21);7-8,10-12,14,16-17H,2-6H2,1H3;3,6-8,16H,2,4H2,1H3,(H,12,17,18)/t;7-,8-,10+,11+,12+;6-,7+,8+/m.00/s1. The van der Waals surface area contributed by atoms with Crippen LogP contribution in [0.5, 0.6) is 0 Å². The fourth-order valence-electron chi connectivity index (χ4n) is 7.38. The highest BCUT2D eigenvalue weighted by Crippen LogP contribution is 2.31. The van der Waals surface area contributed by atoms with Crippen molar-refractivity contribution in [2.45, 2.75) is 128 Å². The number of ether oxygens (including phenoxy) is 3. The van der Waals surface area contributed by atoms with E-state index >= 15 is 0 Å². The van der Waals surface area contributed by atoms with Gasteiger partial charge in [-0.15, -0.1) is 0 Å². The third-order valence-electron chi connectivity index (χ3n) is 10.4. The first-order valence-electron chi connectivity index (χ1n) is 19.7. The summed E-state index contributed by atoms with van der Waals surface area (Å²) in [6.45, 7) is 10.6. The number of aromatic amines is 2. The average molecular weight is 829 g/mol. The summed E-state index contributed by atoms with van der Waals surface area (Å²) in [6, 6.07) is 8.82. The third kappa shape index (κ3) is 11.9. The lowest BCUT2D eigenvalue weighted by Crippen LogP contribution is -2.62. The molecule has 6 rings (SSSR count). The maximum Gasteiger partial charge on any atom is 0.330 e. The van der Waals surface area contributed by atoms with Crippen LogP contribution in [0.2, 0.25) is 0 Å². The summed E-state index contributed by atoms with van der Waals surface area (Å²) >= 11 is 0. The number of aliphatic hydroxyl groups excluding tert-OH is 4. The molecule has 20 heteroatoms. The van der Waals surface area contributed by atoms with E-state index in [0.29, 0.717) is 56.5 Å². The number of aromatic nitrogens is 4. The number of H-pyrrole nitrogens is 2. The molecule has 3 aromatic rings. The molecule has 3 saturated heterocycles. The van der Waals surface area contributed by atoms with E-state index in [1.165, 1.54) is 15.3 Å². The summed E-state index contributed by atoms with van der Waals surface area (Å²) in [6.07, 6.45) is -1.10. The Morgan fingerprint density at radius 2 is 1.75 bits per heavy atom. The number of carbonyl (C=O) groups excluding carboxylic acids is 1. The van der Waals surface area contributed by atoms with Crippen LogP contribution in [0.3, 0.4) is 0 Å². The summed E-state index contributed by atoms with van der Waals surface area (Å²) in [5.41, 5.74) is 9.45. The van der Waals surface area contributed by atoms with Gasteiger partial charge in [-0.05, 0) is 43.7 Å². The quantitative estimate of drug-likeness (QED) is 0.0642. The van der Waals surface area contributed by atoms with Gasteiger partial charge in [0.25, 0.3) is 11.1 Å². The number of carbonyl (C=O) groups is 1. The van der Waals surface area contributed by atoms with E-state index < -0.39 is 65.8 Å². The average Bonchev–Trinajstić information content (AvgIpc) is 3.78. The molecule has 6 N–H and O–H groups in total. The van der Waals surface area contributed by atoms with Crippen LogP contribution in [0.4, 0.5) is 0 Å². The van der Waals surface area contributed by atoms with E-state index in [9.17, 15) is 39.3 Å². The number of hydrogen-bond donors (Lipinski definition) is 6. The highest BCUT2D eigenvalue weighted by Gasteiger charge is 2.49. The lowest BCUT2D eigenvalue weighted by molar-refractivity contribution is -0.179. The van der Waals surface area contributed by atoms with E-state index in [1.807, 2.05) is 62.9 Å². The number of esters is 1. The van der Waals surface area contributed by atoms with Crippen molar-refractivity contribution in [3.63, 3.8) is 0 Å². The zero-order valence-corrected chi connectivity index (χ0v) is 34.0. The Kier molecular flexibility index (Phi) is 17.4. The summed E-state index contributed by atoms with van der Waals surface area (Å²) in [5, 5.41) is 42.4. The number of rotatable bonds is 12. The van der Waals surface area contributed by atoms with E-state index in [4.69, 9.17) is 24.8 Å². The number of aryl methyl sites for hydroxylation is 1. The molecule has 3 aliphatic rings. The van der Waals surface area contributed by atoms with Gasteiger partial charge in [0.1, 0.15) is 31.3 Å². The van der Waals surface area contributed by atoms with Crippen LogP contribution in [0.25, 0.3) is 10.4 Å². The SMILES string of the molecule is CCCC(=O)O[C@H]1CN2CC[C@H](O)[C@@H]2[C@@H](O)[C@@H]1O.CCOCn1c(Cc2ccccc2)c(C(C)C)c(=O)[nH]c1=O.Cc1cn([C@H]2C[C@H](N=[N+]=[N-])[C@@H](CO)O2)c(=O)[nH]c1=O. The van der Waals surface area contributed by atoms with Crippen molar-refractivity contribution in [3.05, 3.63) is 111 Å². The Morgan fingerprint density at radius 1 is 1.05 bits per heavy atom. The van der Waals surface area contributed by atoms with Gasteiger partial charge in [-0.3, -0.25) is 38.4 Å². The monoisotopic (exact) mass is 828 g/mol. The van der Waals surface area contributed by atoms with Crippen molar-refractivity contribution in [1.82, 2.24) is 24.0 Å². The number of azide groups is 1. The number of piperidine rings is 1. The molecule has 20 nitrogen and oxygen atoms in total. The lowest BCUT2D eigenvalue weighted by Gasteiger charge is -2.42. The second-order valence-electron chi connectivity index (χ2n) is 14.9. The fourth-order valence-corrected chi connectivity index (χ4v) is 7.38. The minimum Gasteiger partial charge on any atom is -0.458 e. The van der Waals surface area contributed by atoms with Crippen LogP contribution in [-0.2, 0) is 32.2 Å². The lowest BCUT2D eigenvalue weighted by atomic mass is 9.93. The van der Waals surface area contributed by atoms with Gasteiger partial charge >= 0.3 is 17.3 Å². The molecule has 3 fully saturated rings. The molecule has 2 aromatic heterocycles. The topological polar surface area (TPSA) is 287 Å². The number of hydrogen-bond acceptors (Lipinski definition) is 14. The van der Waals surface area contributed by atoms with Gasteiger partial charge < -0.3 is 34.6 Å². The molecule has 0 unspecified atom stereocenters. The van der Waals surface area contributed by atoms with Gasteiger partial charge in [0.05, 0.1) is 30.9 Å². The molecule has 0 amide bonds. The van der Waals surface area contributed by atoms with Gasteiger partial charge in [-0.25, -0.2) is 9.59 Å². The minimum absolute atomic E-state index is 0.0240. The van der Waals surface area contributed by atoms with Crippen LogP contribution in [-0.4, -0.2) is 119 Å². The molecule has 5 heterocycles. The largest absolute Gasteiger partial charge is 0.458 e. The van der Waals surface area contributed by atoms with Gasteiger partial charge in [0.15, 0.2) is 0 Å². The van der Waals surface area contributed by atoms with Crippen molar-refractivity contribution in [3.8, 4) is 0 Å². The third-order valence-corrected chi connectivity index (χ3v) is 10.4. The van der Waals surface area contributed by atoms with Crippen molar-refractivity contribution in [1.29, 1.82) is 0 Å². The second-order valence-corrected chi connectivity index (χ2v) is 14.9. The maximum absolute atomic E-state index is 12.2. The molecule has 0 saturated carbocycles. The molecule has 0 aliphatic carbocycles. The first-order valence-corrected chi connectivity index (χ1v) is 19.7. The zero-order valence-electron chi connectivity index (χ0n) is 34.0. The molecule has 324 valence electrons. The molecule has 8 atom stereocenters. The van der Waals surface area contributed by atoms with Crippen LogP contribution in [0.1, 0.15) is 87.9 Å². The van der Waals surface area contributed by atoms with Crippen molar-refractivity contribution >= 4 is 5.97 Å². The van der Waals surface area contributed by atoms with E-state index in [2.05, 4.69) is 20.0 Å². The molecular formula is C39H56N8O12. The molecule has 0 spiro atoms. The number of aliphatic hydroxyl groups is 4. The maximum atomic E-state index is 12.2. The van der Waals surface area contributed by atoms with E-state index in [-0.39, 0.29) is 37.2 Å². The summed E-state index contributed by atoms with van der Waals surface area (Å²) < 4.78 is 18.8. The highest BCUT2D eigenvalue weighted by atomic mass is 16.6. The summed E-state index contributed by atoms with van der Waals surface area (Å²) in [4.78, 5) is 67.9. The van der Waals surface area contributed by atoms with E-state index in [0.717, 1.165) is 11.3 Å². The fraction of sp³-hybridized carbons (Fsp3) is 0.615. The smallest absolute Gasteiger partial charge is 0.330 e. The summed E-state index contributed by atoms with van der Waals surface area (Å²) in [5.74, 6) is -0.331. The van der Waals surface area contributed by atoms with Gasteiger partial charge in [0.2, 0.25) is 0 Å². The minimum atomic E-state index is -1.13. The van der Waals surface area contributed by atoms with Crippen LogP contribution < -0.4 is 22.5 Å². The van der Waals surface area contributed by atoms with Crippen molar-refractivity contribution in [2.24, 2.45) is 5.11 Å². The van der Waals surface area contributed by atoms with Crippen molar-refractivity contribution < 1.29 is 39.4 Å². The Balaban J connectivity index is 0.000000197. The normalized spacial score (nSPS) is 24.9. The molecule has 3 aliphatic heterocycles. The first kappa shape index (κ1) is 46.8. The predicted octanol–water partition coefficient (Wildman–Crippen LogP) is 0.917. The van der Waals surface area contributed by atoms with Gasteiger partial charge in [-0.1, -0.05) is 56.2 Å². The summed E-state index contributed by atoms with van der Waals surface area (Å²) in [7, 11) is 0. The van der Waals surface area contributed by atoms with Gasteiger partial charge in [-0.2, -0.15) is 0 Å². The number of nitrogens with zero attached hydrogens (tertiary/aromatic N) is 6. The number of fused-ring (bicyclic) bond motifs is 1. The van der Waals surface area contributed by atoms with E-state index in [1.54, 1.807) is 6.92 Å². The van der Waals surface area contributed by atoms with Gasteiger partial charge in [0, 0.05) is 66.9 Å². The Labute approximate surface area is 339 Å². The van der Waals surface area contributed by atoms with Crippen LogP contribution in [0.15, 0.2) is 60.8 Å². The second kappa shape index (κ2) is 21.9. The van der Waals surface area contributed by atoms with Crippen LogP contribution >= 0.6 is 0 Å².